The summed E-state index contributed by atoms with van der Waals surface area (Å²) in [4.78, 5) is 25.5. The highest BCUT2D eigenvalue weighted by atomic mass is 19.1. The van der Waals surface area contributed by atoms with E-state index >= 15 is 0 Å². The maximum atomic E-state index is 14.0. The highest BCUT2D eigenvalue weighted by Crippen LogP contribution is 2.25. The van der Waals surface area contributed by atoms with Gasteiger partial charge in [-0.2, -0.15) is 25.6 Å². The molecule has 0 amide bonds. The largest absolute Gasteiger partial charge is 0.382 e. The summed E-state index contributed by atoms with van der Waals surface area (Å²) in [6, 6.07) is 6.53. The Balaban J connectivity index is 1.97. The Bertz CT molecular complexity index is 1500. The predicted molar refractivity (Wildman–Crippen MR) is 112 cm³/mol. The lowest BCUT2D eigenvalue weighted by Crippen LogP contribution is -2.28. The van der Waals surface area contributed by atoms with Crippen molar-refractivity contribution in [1.29, 1.82) is 10.5 Å². The second-order valence-corrected chi connectivity index (χ2v) is 6.68. The molecule has 0 radical (unpaired) electrons. The minimum absolute atomic E-state index is 0.0283. The molecule has 1 aromatic carbocycles. The number of hydrogen-bond acceptors (Lipinski definition) is 10. The summed E-state index contributed by atoms with van der Waals surface area (Å²) in [5, 5.41) is 28.2. The van der Waals surface area contributed by atoms with Crippen molar-refractivity contribution in [3.8, 4) is 18.0 Å². The lowest BCUT2D eigenvalue weighted by molar-refractivity contribution is 0.628. The third-order valence-electron chi connectivity index (χ3n) is 4.62. The number of aromatic nitrogens is 6. The fourth-order valence-electron chi connectivity index (χ4n) is 3.23. The van der Waals surface area contributed by atoms with Gasteiger partial charge in [0.1, 0.15) is 41.0 Å². The minimum Gasteiger partial charge on any atom is -0.382 e. The quantitative estimate of drug-likeness (QED) is 0.362. The van der Waals surface area contributed by atoms with Gasteiger partial charge in [-0.05, 0) is 19.1 Å². The van der Waals surface area contributed by atoms with Crippen molar-refractivity contribution in [2.75, 3.05) is 16.8 Å². The number of nitrogens with zero attached hydrogens (tertiary/aromatic N) is 7. The van der Waals surface area contributed by atoms with Gasteiger partial charge in [0.15, 0.2) is 5.82 Å². The van der Waals surface area contributed by atoms with Crippen LogP contribution in [-0.4, -0.2) is 29.7 Å². The van der Waals surface area contributed by atoms with Crippen LogP contribution in [0.1, 0.15) is 29.9 Å². The Morgan fingerprint density at radius 2 is 2.00 bits per heavy atom. The van der Waals surface area contributed by atoms with E-state index in [1.807, 2.05) is 12.1 Å². The predicted octanol–water partition coefficient (Wildman–Crippen LogP) is 1.12. The number of H-pyrrole nitrogens is 1. The molecule has 0 aliphatic carbocycles. The van der Waals surface area contributed by atoms with Gasteiger partial charge in [0.25, 0.3) is 5.56 Å². The standard InChI is InChI=1S/C19H14FN11O/c1-8(26-16-12(7-22)15(23)28-19(24)29-16)17-27-14-9(6-21)4-10(20)5-11(14)18(32)31(17)13-2-3-25-30-13/h2-5,8H,1H3,(H,25,30)(H5,23,24,26,28,29)/t8-/m0/s1. The molecule has 0 unspecified atom stereocenters. The molecule has 32 heavy (non-hydrogen) atoms. The molecule has 0 saturated carbocycles. The first-order valence-corrected chi connectivity index (χ1v) is 9.09. The number of halogens is 1. The van der Waals surface area contributed by atoms with Crippen LogP contribution >= 0.6 is 0 Å². The molecule has 0 saturated heterocycles. The number of nitrogen functional groups attached to an aromatic ring is 2. The van der Waals surface area contributed by atoms with Gasteiger partial charge in [0.2, 0.25) is 5.95 Å². The number of nitriles is 2. The van der Waals surface area contributed by atoms with Crippen LogP contribution in [0.2, 0.25) is 0 Å². The van der Waals surface area contributed by atoms with Gasteiger partial charge >= 0.3 is 0 Å². The van der Waals surface area contributed by atoms with Gasteiger partial charge in [0, 0.05) is 6.07 Å². The molecule has 4 rings (SSSR count). The van der Waals surface area contributed by atoms with Gasteiger partial charge in [-0.3, -0.25) is 9.89 Å². The van der Waals surface area contributed by atoms with Gasteiger partial charge in [-0.1, -0.05) is 0 Å². The minimum atomic E-state index is -0.757. The molecule has 3 heterocycles. The maximum absolute atomic E-state index is 14.0. The molecule has 0 fully saturated rings. The smallest absolute Gasteiger partial charge is 0.267 e. The Morgan fingerprint density at radius 3 is 2.66 bits per heavy atom. The zero-order valence-electron chi connectivity index (χ0n) is 16.5. The van der Waals surface area contributed by atoms with Gasteiger partial charge in [-0.15, -0.1) is 0 Å². The van der Waals surface area contributed by atoms with E-state index < -0.39 is 17.4 Å². The zero-order chi connectivity index (χ0) is 23.0. The van der Waals surface area contributed by atoms with Crippen LogP contribution < -0.4 is 22.3 Å². The number of aromatic amines is 1. The molecule has 0 aliphatic heterocycles. The van der Waals surface area contributed by atoms with Crippen molar-refractivity contribution in [1.82, 2.24) is 29.7 Å². The van der Waals surface area contributed by atoms with Crippen LogP contribution in [0.4, 0.5) is 22.0 Å². The second kappa shape index (κ2) is 7.66. The average Bonchev–Trinajstić information content (AvgIpc) is 3.27. The van der Waals surface area contributed by atoms with E-state index in [9.17, 15) is 19.7 Å². The molecule has 13 heteroatoms. The van der Waals surface area contributed by atoms with E-state index in [0.717, 1.165) is 12.1 Å². The molecule has 1 atom stereocenters. The molecule has 0 spiro atoms. The van der Waals surface area contributed by atoms with Crippen molar-refractivity contribution in [3.63, 3.8) is 0 Å². The second-order valence-electron chi connectivity index (χ2n) is 6.68. The summed E-state index contributed by atoms with van der Waals surface area (Å²) in [5.41, 5.74) is 10.7. The van der Waals surface area contributed by atoms with E-state index in [2.05, 4.69) is 30.5 Å². The van der Waals surface area contributed by atoms with E-state index in [4.69, 9.17) is 11.5 Å². The van der Waals surface area contributed by atoms with E-state index in [0.29, 0.717) is 0 Å². The molecule has 3 aromatic heterocycles. The SMILES string of the molecule is C[C@H](Nc1nc(N)nc(N)c1C#N)c1nc2c(C#N)cc(F)cc2c(=O)n1-c1ccn[nH]1. The highest BCUT2D eigenvalue weighted by Gasteiger charge is 2.23. The molecular weight excluding hydrogens is 417 g/mol. The van der Waals surface area contributed by atoms with Gasteiger partial charge in [-0.25, -0.2) is 13.9 Å². The first-order valence-electron chi connectivity index (χ1n) is 9.09. The lowest BCUT2D eigenvalue weighted by atomic mass is 10.1. The number of fused-ring (bicyclic) bond motifs is 1. The molecule has 158 valence electrons. The Kier molecular flexibility index (Phi) is 4.84. The van der Waals surface area contributed by atoms with Crippen LogP contribution in [0.5, 0.6) is 0 Å². The van der Waals surface area contributed by atoms with Crippen molar-refractivity contribution < 1.29 is 4.39 Å². The number of anilines is 3. The van der Waals surface area contributed by atoms with Gasteiger partial charge < -0.3 is 16.8 Å². The van der Waals surface area contributed by atoms with E-state index in [1.54, 1.807) is 6.92 Å². The summed E-state index contributed by atoms with van der Waals surface area (Å²) in [6.07, 6.45) is 1.43. The van der Waals surface area contributed by atoms with Crippen LogP contribution in [0.25, 0.3) is 16.7 Å². The summed E-state index contributed by atoms with van der Waals surface area (Å²) in [6.45, 7) is 1.64. The van der Waals surface area contributed by atoms with E-state index in [-0.39, 0.29) is 51.3 Å². The molecule has 12 nitrogen and oxygen atoms in total. The molecule has 4 aromatic rings. The summed E-state index contributed by atoms with van der Waals surface area (Å²) < 4.78 is 15.2. The van der Waals surface area contributed by atoms with Crippen molar-refractivity contribution in [2.24, 2.45) is 0 Å². The average molecular weight is 431 g/mol. The van der Waals surface area contributed by atoms with Crippen LogP contribution in [0.3, 0.4) is 0 Å². The number of benzene rings is 1. The highest BCUT2D eigenvalue weighted by molar-refractivity contribution is 5.84. The number of nitrogens with two attached hydrogens (primary N) is 2. The molecule has 6 N–H and O–H groups in total. The maximum Gasteiger partial charge on any atom is 0.267 e. The number of nitrogens with one attached hydrogen (secondary N) is 2. The van der Waals surface area contributed by atoms with Crippen LogP contribution in [-0.2, 0) is 0 Å². The Labute approximate surface area is 179 Å². The molecule has 0 bridgehead atoms. The van der Waals surface area contributed by atoms with Crippen molar-refractivity contribution >= 4 is 28.5 Å². The number of rotatable bonds is 4. The summed E-state index contributed by atoms with van der Waals surface area (Å²) in [7, 11) is 0. The molecular formula is C19H14FN11O. The third kappa shape index (κ3) is 3.29. The monoisotopic (exact) mass is 431 g/mol. The summed E-state index contributed by atoms with van der Waals surface area (Å²) >= 11 is 0. The normalized spacial score (nSPS) is 11.6. The summed E-state index contributed by atoms with van der Waals surface area (Å²) in [5.74, 6) is -0.582. The topological polar surface area (TPSA) is 201 Å². The third-order valence-corrected chi connectivity index (χ3v) is 4.62. The van der Waals surface area contributed by atoms with Crippen molar-refractivity contribution in [2.45, 2.75) is 13.0 Å². The fourth-order valence-corrected chi connectivity index (χ4v) is 3.23. The lowest BCUT2D eigenvalue weighted by Gasteiger charge is -2.20. The van der Waals surface area contributed by atoms with Gasteiger partial charge in [0.05, 0.1) is 28.7 Å². The van der Waals surface area contributed by atoms with Crippen LogP contribution in [0, 0.1) is 28.5 Å². The van der Waals surface area contributed by atoms with Crippen molar-refractivity contribution in [3.05, 3.63) is 57.5 Å². The fraction of sp³-hybridized carbons (Fsp3) is 0.105. The first kappa shape index (κ1) is 20.2. The zero-order valence-corrected chi connectivity index (χ0v) is 16.5. The Hall–Kier alpha value is -5.04. The first-order chi connectivity index (χ1) is 15.3. The Morgan fingerprint density at radius 1 is 1.22 bits per heavy atom. The van der Waals surface area contributed by atoms with Crippen LogP contribution in [0.15, 0.2) is 29.2 Å². The number of hydrogen-bond donors (Lipinski definition) is 4. The molecule has 0 aliphatic rings. The van der Waals surface area contributed by atoms with E-state index in [1.165, 1.54) is 16.8 Å².